The summed E-state index contributed by atoms with van der Waals surface area (Å²) in [5.41, 5.74) is 2.57. The molecular weight excluding hydrogens is 292 g/mol. The minimum atomic E-state index is -0.271. The summed E-state index contributed by atoms with van der Waals surface area (Å²) in [6, 6.07) is 9.71. The molecule has 0 fully saturated rings. The van der Waals surface area contributed by atoms with Crippen LogP contribution in [0.1, 0.15) is 29.5 Å². The first-order valence-corrected chi connectivity index (χ1v) is 7.76. The SMILES string of the molecule is Cc1nccc(NC(=O)NCCC2OCCc3ccccc32)n1. The molecule has 2 N–H and O–H groups in total. The average molecular weight is 312 g/mol. The fourth-order valence-electron chi connectivity index (χ4n) is 2.72. The summed E-state index contributed by atoms with van der Waals surface area (Å²) in [4.78, 5) is 20.0. The summed E-state index contributed by atoms with van der Waals surface area (Å²) < 4.78 is 5.83. The average Bonchev–Trinajstić information content (AvgIpc) is 2.55. The lowest BCUT2D eigenvalue weighted by Crippen LogP contribution is -2.31. The quantitative estimate of drug-likeness (QED) is 0.910. The molecule has 0 saturated carbocycles. The van der Waals surface area contributed by atoms with Crippen molar-refractivity contribution in [2.75, 3.05) is 18.5 Å². The predicted octanol–water partition coefficient (Wildman–Crippen LogP) is 2.61. The largest absolute Gasteiger partial charge is 0.373 e. The predicted molar refractivity (Wildman–Crippen MR) is 87.2 cm³/mol. The summed E-state index contributed by atoms with van der Waals surface area (Å²) in [6.07, 6.45) is 3.35. The maximum Gasteiger partial charge on any atom is 0.320 e. The number of rotatable bonds is 4. The van der Waals surface area contributed by atoms with Gasteiger partial charge in [-0.15, -0.1) is 0 Å². The molecule has 1 unspecified atom stereocenters. The molecule has 0 bridgehead atoms. The Morgan fingerprint density at radius 1 is 1.35 bits per heavy atom. The second-order valence-electron chi connectivity index (χ2n) is 5.47. The van der Waals surface area contributed by atoms with Gasteiger partial charge in [0, 0.05) is 12.7 Å². The van der Waals surface area contributed by atoms with E-state index in [2.05, 4.69) is 38.8 Å². The lowest BCUT2D eigenvalue weighted by molar-refractivity contribution is 0.0373. The first kappa shape index (κ1) is 15.4. The summed E-state index contributed by atoms with van der Waals surface area (Å²) >= 11 is 0. The molecule has 120 valence electrons. The molecule has 0 aliphatic carbocycles. The second-order valence-corrected chi connectivity index (χ2v) is 5.47. The van der Waals surface area contributed by atoms with Crippen LogP contribution >= 0.6 is 0 Å². The van der Waals surface area contributed by atoms with Gasteiger partial charge >= 0.3 is 6.03 Å². The van der Waals surface area contributed by atoms with Crippen molar-refractivity contribution in [3.05, 3.63) is 53.5 Å². The number of aryl methyl sites for hydroxylation is 1. The van der Waals surface area contributed by atoms with Crippen LogP contribution in [0.15, 0.2) is 36.5 Å². The van der Waals surface area contributed by atoms with Crippen molar-refractivity contribution < 1.29 is 9.53 Å². The third kappa shape index (κ3) is 4.04. The van der Waals surface area contributed by atoms with Crippen LogP contribution in [0.2, 0.25) is 0 Å². The fraction of sp³-hybridized carbons (Fsp3) is 0.353. The summed E-state index contributed by atoms with van der Waals surface area (Å²) in [6.45, 7) is 3.05. The number of nitrogens with one attached hydrogen (secondary N) is 2. The first-order chi connectivity index (χ1) is 11.2. The fourth-order valence-corrected chi connectivity index (χ4v) is 2.72. The highest BCUT2D eigenvalue weighted by molar-refractivity contribution is 5.88. The molecular formula is C17H20N4O2. The van der Waals surface area contributed by atoms with E-state index >= 15 is 0 Å². The van der Waals surface area contributed by atoms with Crippen LogP contribution in [-0.2, 0) is 11.2 Å². The minimum Gasteiger partial charge on any atom is -0.373 e. The van der Waals surface area contributed by atoms with Gasteiger partial charge in [0.25, 0.3) is 0 Å². The van der Waals surface area contributed by atoms with Gasteiger partial charge in [0.2, 0.25) is 0 Å². The van der Waals surface area contributed by atoms with Crippen molar-refractivity contribution in [2.24, 2.45) is 0 Å². The van der Waals surface area contributed by atoms with E-state index in [-0.39, 0.29) is 12.1 Å². The Morgan fingerprint density at radius 2 is 2.22 bits per heavy atom. The maximum absolute atomic E-state index is 11.9. The summed E-state index contributed by atoms with van der Waals surface area (Å²) in [7, 11) is 0. The van der Waals surface area contributed by atoms with E-state index in [0.29, 0.717) is 18.2 Å². The molecule has 1 aromatic heterocycles. The normalized spacial score (nSPS) is 16.5. The molecule has 1 aromatic carbocycles. The number of benzene rings is 1. The Balaban J connectivity index is 1.49. The lowest BCUT2D eigenvalue weighted by atomic mass is 9.96. The number of nitrogens with zero attached hydrogens (tertiary/aromatic N) is 2. The smallest absolute Gasteiger partial charge is 0.320 e. The number of carbonyl (C=O) groups excluding carboxylic acids is 1. The highest BCUT2D eigenvalue weighted by Gasteiger charge is 2.20. The minimum absolute atomic E-state index is 0.0431. The maximum atomic E-state index is 11.9. The molecule has 3 rings (SSSR count). The van der Waals surface area contributed by atoms with Crippen molar-refractivity contribution in [3.8, 4) is 0 Å². The van der Waals surface area contributed by atoms with Crippen LogP contribution in [0, 0.1) is 6.92 Å². The van der Waals surface area contributed by atoms with Gasteiger partial charge in [-0.2, -0.15) is 0 Å². The number of carbonyl (C=O) groups is 1. The van der Waals surface area contributed by atoms with Crippen molar-refractivity contribution >= 4 is 11.8 Å². The molecule has 2 aromatic rings. The Morgan fingerprint density at radius 3 is 3.09 bits per heavy atom. The summed E-state index contributed by atoms with van der Waals surface area (Å²) in [5, 5.41) is 5.54. The van der Waals surface area contributed by atoms with Crippen LogP contribution in [0.25, 0.3) is 0 Å². The van der Waals surface area contributed by atoms with E-state index in [1.54, 1.807) is 19.2 Å². The van der Waals surface area contributed by atoms with Gasteiger partial charge in [-0.3, -0.25) is 5.32 Å². The van der Waals surface area contributed by atoms with E-state index in [4.69, 9.17) is 4.74 Å². The highest BCUT2D eigenvalue weighted by atomic mass is 16.5. The van der Waals surface area contributed by atoms with Gasteiger partial charge in [-0.05, 0) is 37.0 Å². The van der Waals surface area contributed by atoms with Crippen molar-refractivity contribution in [3.63, 3.8) is 0 Å². The zero-order valence-corrected chi connectivity index (χ0v) is 13.1. The monoisotopic (exact) mass is 312 g/mol. The third-order valence-electron chi connectivity index (χ3n) is 3.80. The molecule has 1 aliphatic rings. The van der Waals surface area contributed by atoms with Gasteiger partial charge in [0.05, 0.1) is 12.7 Å². The molecule has 6 heteroatoms. The first-order valence-electron chi connectivity index (χ1n) is 7.76. The molecule has 0 spiro atoms. The number of hydrogen-bond donors (Lipinski definition) is 2. The lowest BCUT2D eigenvalue weighted by Gasteiger charge is -2.26. The number of hydrogen-bond acceptors (Lipinski definition) is 4. The topological polar surface area (TPSA) is 76.1 Å². The van der Waals surface area contributed by atoms with Gasteiger partial charge in [0.15, 0.2) is 0 Å². The van der Waals surface area contributed by atoms with Crippen molar-refractivity contribution in [2.45, 2.75) is 25.9 Å². The van der Waals surface area contributed by atoms with Crippen LogP contribution in [0.4, 0.5) is 10.6 Å². The van der Waals surface area contributed by atoms with Gasteiger partial charge in [-0.25, -0.2) is 14.8 Å². The molecule has 6 nitrogen and oxygen atoms in total. The molecule has 1 aliphatic heterocycles. The van der Waals surface area contributed by atoms with E-state index in [1.807, 2.05) is 6.07 Å². The summed E-state index contributed by atoms with van der Waals surface area (Å²) in [5.74, 6) is 1.12. The Bertz CT molecular complexity index is 690. The molecule has 23 heavy (non-hydrogen) atoms. The third-order valence-corrected chi connectivity index (χ3v) is 3.80. The van der Waals surface area contributed by atoms with Crippen molar-refractivity contribution in [1.82, 2.24) is 15.3 Å². The Labute approximate surface area is 135 Å². The number of fused-ring (bicyclic) bond motifs is 1. The second kappa shape index (κ2) is 7.19. The number of urea groups is 1. The number of anilines is 1. The molecule has 1 atom stereocenters. The van der Waals surface area contributed by atoms with Gasteiger partial charge in [0.1, 0.15) is 11.6 Å². The van der Waals surface area contributed by atoms with Gasteiger partial charge in [-0.1, -0.05) is 24.3 Å². The Kier molecular flexibility index (Phi) is 4.83. The standard InChI is InChI=1S/C17H20N4O2/c1-12-18-10-7-16(20-12)21-17(22)19-9-6-15-14-5-3-2-4-13(14)8-11-23-15/h2-5,7,10,15H,6,8-9,11H2,1H3,(H2,18,19,20,21,22). The van der Waals surface area contributed by atoms with E-state index < -0.39 is 0 Å². The van der Waals surface area contributed by atoms with Gasteiger partial charge < -0.3 is 10.1 Å². The van der Waals surface area contributed by atoms with Crippen LogP contribution in [-0.4, -0.2) is 29.2 Å². The molecule has 2 amide bonds. The van der Waals surface area contributed by atoms with E-state index in [1.165, 1.54) is 11.1 Å². The molecule has 0 saturated heterocycles. The number of aromatic nitrogens is 2. The van der Waals surface area contributed by atoms with Crippen LogP contribution in [0.3, 0.4) is 0 Å². The molecule has 0 radical (unpaired) electrons. The molecule has 2 heterocycles. The van der Waals surface area contributed by atoms with Crippen LogP contribution < -0.4 is 10.6 Å². The number of ether oxygens (including phenoxy) is 1. The zero-order valence-electron chi connectivity index (χ0n) is 13.1. The zero-order chi connectivity index (χ0) is 16.1. The number of amides is 2. The van der Waals surface area contributed by atoms with Crippen molar-refractivity contribution in [1.29, 1.82) is 0 Å². The highest BCUT2D eigenvalue weighted by Crippen LogP contribution is 2.28. The van der Waals surface area contributed by atoms with E-state index in [9.17, 15) is 4.79 Å². The Hall–Kier alpha value is -2.47. The van der Waals surface area contributed by atoms with E-state index in [0.717, 1.165) is 19.4 Å². The van der Waals surface area contributed by atoms with Crippen LogP contribution in [0.5, 0.6) is 0 Å².